The quantitative estimate of drug-likeness (QED) is 0.875. The molecule has 0 radical (unpaired) electrons. The Labute approximate surface area is 118 Å². The van der Waals surface area contributed by atoms with Gasteiger partial charge in [0.05, 0.1) is 6.10 Å². The summed E-state index contributed by atoms with van der Waals surface area (Å²) in [4.78, 5) is 13.6. The third-order valence-electron chi connectivity index (χ3n) is 3.35. The van der Waals surface area contributed by atoms with E-state index >= 15 is 0 Å². The molecule has 1 aliphatic heterocycles. The highest BCUT2D eigenvalue weighted by Crippen LogP contribution is 2.16. The largest absolute Gasteiger partial charge is 0.391 e. The fourth-order valence-corrected chi connectivity index (χ4v) is 2.36. The van der Waals surface area contributed by atoms with Crippen LogP contribution in [-0.2, 0) is 6.54 Å². The zero-order valence-corrected chi connectivity index (χ0v) is 11.8. The average Bonchev–Trinajstić information content (AvgIpc) is 2.40. The van der Waals surface area contributed by atoms with Crippen LogP contribution in [0.25, 0.3) is 0 Å². The molecule has 104 valence electrons. The van der Waals surface area contributed by atoms with Gasteiger partial charge in [0, 0.05) is 24.7 Å². The number of amides is 2. The van der Waals surface area contributed by atoms with Gasteiger partial charge in [-0.1, -0.05) is 23.7 Å². The summed E-state index contributed by atoms with van der Waals surface area (Å²) in [5.74, 6) is 0. The lowest BCUT2D eigenvalue weighted by Gasteiger charge is -2.30. The second-order valence-corrected chi connectivity index (χ2v) is 5.39. The lowest BCUT2D eigenvalue weighted by atomic mass is 10.1. The molecule has 4 nitrogen and oxygen atoms in total. The molecule has 1 atom stereocenters. The summed E-state index contributed by atoms with van der Waals surface area (Å²) in [6, 6.07) is 5.59. The van der Waals surface area contributed by atoms with Gasteiger partial charge in [-0.3, -0.25) is 0 Å². The molecule has 1 saturated heterocycles. The third kappa shape index (κ3) is 3.85. The van der Waals surface area contributed by atoms with E-state index < -0.39 is 6.10 Å². The first-order valence-corrected chi connectivity index (χ1v) is 6.90. The van der Waals surface area contributed by atoms with Gasteiger partial charge in [-0.2, -0.15) is 0 Å². The highest BCUT2D eigenvalue weighted by atomic mass is 35.5. The van der Waals surface area contributed by atoms with Crippen molar-refractivity contribution in [2.24, 2.45) is 0 Å². The molecule has 0 aliphatic carbocycles. The smallest absolute Gasteiger partial charge is 0.317 e. The third-order valence-corrected chi connectivity index (χ3v) is 3.77. The molecule has 2 rings (SSSR count). The van der Waals surface area contributed by atoms with Gasteiger partial charge in [0.1, 0.15) is 0 Å². The molecule has 1 aromatic rings. The summed E-state index contributed by atoms with van der Waals surface area (Å²) in [5.41, 5.74) is 2.02. The molecule has 0 bridgehead atoms. The predicted octanol–water partition coefficient (Wildman–Crippen LogP) is 2.31. The van der Waals surface area contributed by atoms with E-state index in [1.54, 1.807) is 4.90 Å². The zero-order valence-electron chi connectivity index (χ0n) is 11.0. The number of halogens is 1. The van der Waals surface area contributed by atoms with Crippen molar-refractivity contribution in [1.82, 2.24) is 10.2 Å². The maximum atomic E-state index is 11.9. The second-order valence-electron chi connectivity index (χ2n) is 4.98. The van der Waals surface area contributed by atoms with Crippen LogP contribution in [0.15, 0.2) is 18.2 Å². The van der Waals surface area contributed by atoms with E-state index in [0.717, 1.165) is 29.0 Å². The minimum absolute atomic E-state index is 0.119. The number of piperidine rings is 1. The number of urea groups is 1. The number of aryl methyl sites for hydroxylation is 1. The standard InChI is InChI=1S/C14H19ClN2O2/c1-10-7-11(4-5-13(10)15)8-16-14(19)17-6-2-3-12(18)9-17/h4-5,7,12,18H,2-3,6,8-9H2,1H3,(H,16,19). The minimum Gasteiger partial charge on any atom is -0.391 e. The van der Waals surface area contributed by atoms with Crippen molar-refractivity contribution in [3.8, 4) is 0 Å². The summed E-state index contributed by atoms with van der Waals surface area (Å²) >= 11 is 5.96. The molecular weight excluding hydrogens is 264 g/mol. The number of rotatable bonds is 2. The fourth-order valence-electron chi connectivity index (χ4n) is 2.25. The van der Waals surface area contributed by atoms with Gasteiger partial charge < -0.3 is 15.3 Å². The molecule has 0 aromatic heterocycles. The van der Waals surface area contributed by atoms with Gasteiger partial charge in [-0.15, -0.1) is 0 Å². The minimum atomic E-state index is -0.391. The first-order chi connectivity index (χ1) is 9.06. The number of carbonyl (C=O) groups excluding carboxylic acids is 1. The van der Waals surface area contributed by atoms with Gasteiger partial charge in [0.2, 0.25) is 0 Å². The van der Waals surface area contributed by atoms with Crippen molar-refractivity contribution < 1.29 is 9.90 Å². The number of hydrogen-bond acceptors (Lipinski definition) is 2. The number of likely N-dealkylation sites (tertiary alicyclic amines) is 1. The molecule has 2 amide bonds. The Bertz CT molecular complexity index is 465. The molecule has 1 fully saturated rings. The number of β-amino-alcohol motifs (C(OH)–C–C–N with tert-alkyl or cyclic N) is 1. The van der Waals surface area contributed by atoms with Crippen LogP contribution in [0.5, 0.6) is 0 Å². The van der Waals surface area contributed by atoms with E-state index in [2.05, 4.69) is 5.32 Å². The van der Waals surface area contributed by atoms with Gasteiger partial charge >= 0.3 is 6.03 Å². The number of aliphatic hydroxyl groups is 1. The molecule has 19 heavy (non-hydrogen) atoms. The van der Waals surface area contributed by atoms with Crippen LogP contribution < -0.4 is 5.32 Å². The van der Waals surface area contributed by atoms with Crippen LogP contribution >= 0.6 is 11.6 Å². The SMILES string of the molecule is Cc1cc(CNC(=O)N2CCCC(O)C2)ccc1Cl. The summed E-state index contributed by atoms with van der Waals surface area (Å²) < 4.78 is 0. The lowest BCUT2D eigenvalue weighted by Crippen LogP contribution is -2.46. The average molecular weight is 283 g/mol. The van der Waals surface area contributed by atoms with Crippen LogP contribution in [0.3, 0.4) is 0 Å². The molecular formula is C14H19ClN2O2. The Morgan fingerprint density at radius 1 is 1.58 bits per heavy atom. The van der Waals surface area contributed by atoms with E-state index in [1.807, 2.05) is 25.1 Å². The van der Waals surface area contributed by atoms with Crippen LogP contribution in [-0.4, -0.2) is 35.2 Å². The van der Waals surface area contributed by atoms with Crippen molar-refractivity contribution in [3.05, 3.63) is 34.3 Å². The van der Waals surface area contributed by atoms with Crippen LogP contribution in [0, 0.1) is 6.92 Å². The number of hydrogen-bond donors (Lipinski definition) is 2. The Kier molecular flexibility index (Phi) is 4.66. The summed E-state index contributed by atoms with van der Waals surface area (Å²) in [7, 11) is 0. The number of carbonyl (C=O) groups is 1. The Hall–Kier alpha value is -1.26. The topological polar surface area (TPSA) is 52.6 Å². The number of benzene rings is 1. The Morgan fingerprint density at radius 3 is 3.05 bits per heavy atom. The Balaban J connectivity index is 1.87. The molecule has 1 aromatic carbocycles. The molecule has 1 unspecified atom stereocenters. The van der Waals surface area contributed by atoms with E-state index in [-0.39, 0.29) is 6.03 Å². The van der Waals surface area contributed by atoms with E-state index in [1.165, 1.54) is 0 Å². The molecule has 1 heterocycles. The van der Waals surface area contributed by atoms with Crippen molar-refractivity contribution in [3.63, 3.8) is 0 Å². The first kappa shape index (κ1) is 14.2. The van der Waals surface area contributed by atoms with Crippen molar-refractivity contribution >= 4 is 17.6 Å². The Morgan fingerprint density at radius 2 is 2.37 bits per heavy atom. The second kappa shape index (κ2) is 6.26. The van der Waals surface area contributed by atoms with Crippen LogP contribution in [0.2, 0.25) is 5.02 Å². The maximum Gasteiger partial charge on any atom is 0.317 e. The zero-order chi connectivity index (χ0) is 13.8. The van der Waals surface area contributed by atoms with E-state index in [0.29, 0.717) is 19.6 Å². The molecule has 1 aliphatic rings. The highest BCUT2D eigenvalue weighted by Gasteiger charge is 2.21. The van der Waals surface area contributed by atoms with E-state index in [9.17, 15) is 9.90 Å². The van der Waals surface area contributed by atoms with Crippen LogP contribution in [0.4, 0.5) is 4.79 Å². The van der Waals surface area contributed by atoms with E-state index in [4.69, 9.17) is 11.6 Å². The first-order valence-electron chi connectivity index (χ1n) is 6.52. The van der Waals surface area contributed by atoms with Gasteiger partial charge in [0.15, 0.2) is 0 Å². The summed E-state index contributed by atoms with van der Waals surface area (Å²) in [5, 5.41) is 13.1. The molecule has 5 heteroatoms. The van der Waals surface area contributed by atoms with Crippen LogP contribution in [0.1, 0.15) is 24.0 Å². The monoisotopic (exact) mass is 282 g/mol. The lowest BCUT2D eigenvalue weighted by molar-refractivity contribution is 0.0842. The fraction of sp³-hybridized carbons (Fsp3) is 0.500. The highest BCUT2D eigenvalue weighted by molar-refractivity contribution is 6.31. The van der Waals surface area contributed by atoms with Crippen molar-refractivity contribution in [2.75, 3.05) is 13.1 Å². The molecule has 0 spiro atoms. The van der Waals surface area contributed by atoms with Gasteiger partial charge in [-0.25, -0.2) is 4.79 Å². The number of nitrogens with one attached hydrogen (secondary N) is 1. The van der Waals surface area contributed by atoms with Gasteiger partial charge in [0.25, 0.3) is 0 Å². The molecule has 0 saturated carbocycles. The summed E-state index contributed by atoms with van der Waals surface area (Å²) in [6.07, 6.45) is 1.24. The predicted molar refractivity (Wildman–Crippen MR) is 75.2 cm³/mol. The maximum absolute atomic E-state index is 11.9. The molecule has 2 N–H and O–H groups in total. The van der Waals surface area contributed by atoms with Crippen molar-refractivity contribution in [2.45, 2.75) is 32.4 Å². The van der Waals surface area contributed by atoms with Crippen molar-refractivity contribution in [1.29, 1.82) is 0 Å². The van der Waals surface area contributed by atoms with Gasteiger partial charge in [-0.05, 0) is 37.0 Å². The normalized spacial score (nSPS) is 19.3. The number of aliphatic hydroxyl groups excluding tert-OH is 1. The summed E-state index contributed by atoms with van der Waals surface area (Å²) in [6.45, 7) is 3.55. The number of nitrogens with zero attached hydrogens (tertiary/aromatic N) is 1.